The number of hydrogen-bond acceptors (Lipinski definition) is 6. The van der Waals surface area contributed by atoms with Crippen LogP contribution in [0, 0.1) is 22.7 Å². The Morgan fingerprint density at radius 2 is 1.81 bits per heavy atom. The smallest absolute Gasteiger partial charge is 0.147 e. The maximum atomic E-state index is 9.23. The summed E-state index contributed by atoms with van der Waals surface area (Å²) in [5.74, 6) is 1.60. The fraction of sp³-hybridized carbons (Fsp3) is 0.474. The van der Waals surface area contributed by atoms with Gasteiger partial charge in [0, 0.05) is 38.7 Å². The summed E-state index contributed by atoms with van der Waals surface area (Å²) in [6, 6.07) is 7.81. The molecule has 2 saturated heterocycles. The van der Waals surface area contributed by atoms with Gasteiger partial charge < -0.3 is 20.3 Å². The van der Waals surface area contributed by atoms with Gasteiger partial charge in [-0.25, -0.2) is 4.98 Å². The third kappa shape index (κ3) is 3.14. The van der Waals surface area contributed by atoms with Gasteiger partial charge >= 0.3 is 0 Å². The molecular weight excluding hydrogens is 328 g/mol. The van der Waals surface area contributed by atoms with E-state index in [1.165, 1.54) is 0 Å². The van der Waals surface area contributed by atoms with E-state index in [1.54, 1.807) is 6.20 Å². The van der Waals surface area contributed by atoms with Crippen molar-refractivity contribution < 1.29 is 5.11 Å². The van der Waals surface area contributed by atoms with E-state index < -0.39 is 0 Å². The van der Waals surface area contributed by atoms with E-state index in [0.717, 1.165) is 42.8 Å². The summed E-state index contributed by atoms with van der Waals surface area (Å²) >= 11 is 0. The molecule has 2 aromatic rings. The quantitative estimate of drug-likeness (QED) is 0.575. The summed E-state index contributed by atoms with van der Waals surface area (Å²) in [6.07, 6.45) is 3.58. The highest BCUT2D eigenvalue weighted by Crippen LogP contribution is 2.26. The van der Waals surface area contributed by atoms with Crippen LogP contribution in [0.1, 0.15) is 12.8 Å². The van der Waals surface area contributed by atoms with E-state index >= 15 is 0 Å². The number of benzene rings is 1. The van der Waals surface area contributed by atoms with E-state index in [2.05, 4.69) is 14.9 Å². The van der Waals surface area contributed by atoms with Crippen LogP contribution in [0.5, 0.6) is 0 Å². The van der Waals surface area contributed by atoms with Crippen LogP contribution < -0.4 is 4.90 Å². The molecule has 3 heterocycles. The van der Waals surface area contributed by atoms with Crippen molar-refractivity contribution in [3.05, 3.63) is 30.5 Å². The molecule has 26 heavy (non-hydrogen) atoms. The second-order valence-electron chi connectivity index (χ2n) is 7.19. The number of nitrogens with zero attached hydrogens (tertiary/aromatic N) is 4. The van der Waals surface area contributed by atoms with Gasteiger partial charge in [0.05, 0.1) is 22.9 Å². The standard InChI is InChI=1S/C19H24N6O/c20-18(19(21)24-7-5-13(12-26)6-8-24)14-10-25(11-14)17-9-22-15-3-1-2-4-16(15)23-17/h1-4,9,13-14,20-21,26H,5-8,10-12H2. The summed E-state index contributed by atoms with van der Waals surface area (Å²) in [5.41, 5.74) is 2.18. The van der Waals surface area contributed by atoms with E-state index in [1.807, 2.05) is 29.2 Å². The Kier molecular flexibility index (Phi) is 4.55. The number of para-hydroxylation sites is 2. The van der Waals surface area contributed by atoms with Crippen molar-refractivity contribution in [1.82, 2.24) is 14.9 Å². The highest BCUT2D eigenvalue weighted by molar-refractivity contribution is 6.40. The second kappa shape index (κ2) is 6.99. The third-order valence-electron chi connectivity index (χ3n) is 5.49. The molecule has 0 saturated carbocycles. The molecule has 2 aliphatic heterocycles. The van der Waals surface area contributed by atoms with Crippen molar-refractivity contribution in [3.63, 3.8) is 0 Å². The average molecular weight is 352 g/mol. The third-order valence-corrected chi connectivity index (χ3v) is 5.49. The first-order valence-corrected chi connectivity index (χ1v) is 9.15. The number of aliphatic hydroxyl groups excluding tert-OH is 1. The topological polar surface area (TPSA) is 100 Å². The fourth-order valence-electron chi connectivity index (χ4n) is 3.65. The minimum atomic E-state index is 0.0753. The number of amidine groups is 1. The number of piperidine rings is 1. The molecule has 0 atom stereocenters. The van der Waals surface area contributed by atoms with Crippen molar-refractivity contribution in [1.29, 1.82) is 10.8 Å². The molecule has 1 aromatic carbocycles. The van der Waals surface area contributed by atoms with Gasteiger partial charge in [-0.1, -0.05) is 12.1 Å². The highest BCUT2D eigenvalue weighted by Gasteiger charge is 2.35. The highest BCUT2D eigenvalue weighted by atomic mass is 16.3. The van der Waals surface area contributed by atoms with Crippen LogP contribution in [0.2, 0.25) is 0 Å². The van der Waals surface area contributed by atoms with E-state index in [4.69, 9.17) is 10.8 Å². The summed E-state index contributed by atoms with van der Waals surface area (Å²) in [7, 11) is 0. The molecule has 0 unspecified atom stereocenters. The van der Waals surface area contributed by atoms with E-state index in [-0.39, 0.29) is 12.5 Å². The van der Waals surface area contributed by atoms with Crippen LogP contribution in [-0.4, -0.2) is 64.3 Å². The Bertz CT molecular complexity index is 824. The number of fused-ring (bicyclic) bond motifs is 1. The molecule has 0 bridgehead atoms. The monoisotopic (exact) mass is 352 g/mol. The Morgan fingerprint density at radius 3 is 2.50 bits per heavy atom. The molecule has 2 fully saturated rings. The Balaban J connectivity index is 1.34. The molecule has 0 aliphatic carbocycles. The van der Waals surface area contributed by atoms with Crippen LogP contribution >= 0.6 is 0 Å². The van der Waals surface area contributed by atoms with Gasteiger partial charge in [-0.05, 0) is 30.9 Å². The van der Waals surface area contributed by atoms with Crippen LogP contribution in [-0.2, 0) is 0 Å². The van der Waals surface area contributed by atoms with Crippen molar-refractivity contribution in [2.24, 2.45) is 11.8 Å². The summed E-state index contributed by atoms with van der Waals surface area (Å²) in [5, 5.41) is 26.0. The number of aliphatic hydroxyl groups is 1. The number of aromatic nitrogens is 2. The molecule has 4 rings (SSSR count). The normalized spacial score (nSPS) is 18.8. The number of rotatable bonds is 4. The van der Waals surface area contributed by atoms with Gasteiger partial charge in [0.15, 0.2) is 0 Å². The number of likely N-dealkylation sites (tertiary alicyclic amines) is 1. The predicted molar refractivity (Wildman–Crippen MR) is 102 cm³/mol. The number of nitrogens with one attached hydrogen (secondary N) is 2. The van der Waals surface area contributed by atoms with Gasteiger partial charge in [0.25, 0.3) is 0 Å². The first-order chi connectivity index (χ1) is 12.7. The SMILES string of the molecule is N=C(C(=N)N1CCC(CO)CC1)C1CN(c2cnc3ccccc3n2)C1. The molecule has 136 valence electrons. The maximum absolute atomic E-state index is 9.23. The van der Waals surface area contributed by atoms with Crippen LogP contribution in [0.3, 0.4) is 0 Å². The van der Waals surface area contributed by atoms with Gasteiger partial charge in [-0.3, -0.25) is 10.4 Å². The summed E-state index contributed by atoms with van der Waals surface area (Å²) in [4.78, 5) is 13.2. The molecular formula is C19H24N6O. The van der Waals surface area contributed by atoms with E-state index in [0.29, 0.717) is 30.6 Å². The molecule has 7 heteroatoms. The largest absolute Gasteiger partial charge is 0.396 e. The predicted octanol–water partition coefficient (Wildman–Crippen LogP) is 1.77. The van der Waals surface area contributed by atoms with Gasteiger partial charge in [0.1, 0.15) is 11.7 Å². The van der Waals surface area contributed by atoms with E-state index in [9.17, 15) is 5.11 Å². The maximum Gasteiger partial charge on any atom is 0.147 e. The van der Waals surface area contributed by atoms with Crippen molar-refractivity contribution >= 4 is 28.4 Å². The van der Waals surface area contributed by atoms with Gasteiger partial charge in [0.2, 0.25) is 0 Å². The molecule has 3 N–H and O–H groups in total. The van der Waals surface area contributed by atoms with Gasteiger partial charge in [-0.2, -0.15) is 0 Å². The molecule has 0 spiro atoms. The number of hydrogen-bond donors (Lipinski definition) is 3. The van der Waals surface area contributed by atoms with Gasteiger partial charge in [-0.15, -0.1) is 0 Å². The summed E-state index contributed by atoms with van der Waals surface area (Å²) in [6.45, 7) is 3.17. The minimum absolute atomic E-state index is 0.0753. The van der Waals surface area contributed by atoms with Crippen molar-refractivity contribution in [2.75, 3.05) is 37.7 Å². The lowest BCUT2D eigenvalue weighted by Gasteiger charge is -2.42. The Hall–Kier alpha value is -2.54. The first-order valence-electron chi connectivity index (χ1n) is 9.15. The zero-order valence-corrected chi connectivity index (χ0v) is 14.7. The molecule has 2 aliphatic rings. The lowest BCUT2D eigenvalue weighted by Crippen LogP contribution is -2.55. The zero-order valence-electron chi connectivity index (χ0n) is 14.7. The van der Waals surface area contributed by atoms with Crippen LogP contribution in [0.25, 0.3) is 11.0 Å². The second-order valence-corrected chi connectivity index (χ2v) is 7.19. The fourth-order valence-corrected chi connectivity index (χ4v) is 3.65. The average Bonchev–Trinajstić information content (AvgIpc) is 2.66. The van der Waals surface area contributed by atoms with Crippen LogP contribution in [0.4, 0.5) is 5.82 Å². The summed E-state index contributed by atoms with van der Waals surface area (Å²) < 4.78 is 0. The minimum Gasteiger partial charge on any atom is -0.396 e. The van der Waals surface area contributed by atoms with Crippen LogP contribution in [0.15, 0.2) is 30.5 Å². The number of anilines is 1. The zero-order chi connectivity index (χ0) is 18.1. The molecule has 0 radical (unpaired) electrons. The Morgan fingerprint density at radius 1 is 1.12 bits per heavy atom. The molecule has 1 aromatic heterocycles. The molecule has 7 nitrogen and oxygen atoms in total. The lowest BCUT2D eigenvalue weighted by atomic mass is 9.91. The first kappa shape index (κ1) is 16.9. The van der Waals surface area contributed by atoms with Crippen molar-refractivity contribution in [3.8, 4) is 0 Å². The Labute approximate surface area is 152 Å². The lowest BCUT2D eigenvalue weighted by molar-refractivity contribution is 0.166. The molecule has 0 amide bonds. The van der Waals surface area contributed by atoms with Crippen molar-refractivity contribution in [2.45, 2.75) is 12.8 Å².